The van der Waals surface area contributed by atoms with Crippen molar-refractivity contribution in [2.75, 3.05) is 26.3 Å². The lowest BCUT2D eigenvalue weighted by atomic mass is 10.3. The first kappa shape index (κ1) is 14.5. The number of methoxy groups -OCH3 is 2. The van der Waals surface area contributed by atoms with Gasteiger partial charge in [-0.05, 0) is 12.1 Å². The number of nitrogens with zero attached hydrogens (tertiary/aromatic N) is 3. The van der Waals surface area contributed by atoms with E-state index in [0.29, 0.717) is 11.0 Å². The molecule has 0 aliphatic heterocycles. The predicted molar refractivity (Wildman–Crippen MR) is 74.8 cm³/mol. The maximum absolute atomic E-state index is 11.8. The Balaban J connectivity index is 2.52. The van der Waals surface area contributed by atoms with Crippen molar-refractivity contribution < 1.29 is 19.1 Å². The van der Waals surface area contributed by atoms with E-state index in [4.69, 9.17) is 4.74 Å². The Hall–Kier alpha value is -2.90. The van der Waals surface area contributed by atoms with E-state index in [1.165, 1.54) is 26.3 Å². The highest BCUT2D eigenvalue weighted by atomic mass is 16.5. The van der Waals surface area contributed by atoms with E-state index < -0.39 is 12.1 Å². The zero-order valence-corrected chi connectivity index (χ0v) is 11.8. The van der Waals surface area contributed by atoms with E-state index in [1.807, 2.05) is 0 Å². The Bertz CT molecular complexity index is 689. The van der Waals surface area contributed by atoms with E-state index in [2.05, 4.69) is 20.1 Å². The lowest BCUT2D eigenvalue weighted by Gasteiger charge is -2.20. The van der Waals surface area contributed by atoms with Gasteiger partial charge in [0.25, 0.3) is 0 Å². The van der Waals surface area contributed by atoms with Crippen molar-refractivity contribution in [3.63, 3.8) is 0 Å². The van der Waals surface area contributed by atoms with Crippen molar-refractivity contribution in [1.82, 2.24) is 15.4 Å². The van der Waals surface area contributed by atoms with Gasteiger partial charge in [0, 0.05) is 7.05 Å². The summed E-state index contributed by atoms with van der Waals surface area (Å²) in [5, 5.41) is 1.25. The molecule has 21 heavy (non-hydrogen) atoms. The van der Waals surface area contributed by atoms with Crippen LogP contribution in [0.25, 0.3) is 11.0 Å². The van der Waals surface area contributed by atoms with Gasteiger partial charge in [-0.2, -0.15) is 0 Å². The van der Waals surface area contributed by atoms with Crippen LogP contribution in [0.2, 0.25) is 0 Å². The van der Waals surface area contributed by atoms with Crippen molar-refractivity contribution >= 4 is 28.9 Å². The number of amides is 1. The number of hydrogen-bond donors (Lipinski definition) is 1. The molecule has 1 aromatic heterocycles. The Morgan fingerprint density at radius 2 is 1.71 bits per heavy atom. The van der Waals surface area contributed by atoms with Crippen LogP contribution in [0.4, 0.5) is 10.6 Å². The van der Waals surface area contributed by atoms with Crippen molar-refractivity contribution in [3.8, 4) is 0 Å². The normalized spacial score (nSPS) is 10.0. The van der Waals surface area contributed by atoms with Crippen LogP contribution >= 0.6 is 0 Å². The lowest BCUT2D eigenvalue weighted by Crippen LogP contribution is -2.40. The Morgan fingerprint density at radius 1 is 1.10 bits per heavy atom. The molecule has 1 aromatic carbocycles. The quantitative estimate of drug-likeness (QED) is 0.668. The number of ether oxygens (including phenoxy) is 2. The third kappa shape index (κ3) is 2.99. The van der Waals surface area contributed by atoms with Crippen molar-refractivity contribution in [2.24, 2.45) is 0 Å². The van der Waals surface area contributed by atoms with Gasteiger partial charge in [-0.15, -0.1) is 0 Å². The number of nitrogens with one attached hydrogen (secondary N) is 1. The number of hydrogen-bond acceptors (Lipinski definition) is 7. The molecule has 1 N–H and O–H groups in total. The first-order valence-corrected chi connectivity index (χ1v) is 6.00. The second-order valence-corrected chi connectivity index (χ2v) is 4.04. The average molecular weight is 290 g/mol. The van der Waals surface area contributed by atoms with Crippen LogP contribution in [0.1, 0.15) is 10.5 Å². The molecule has 0 saturated heterocycles. The summed E-state index contributed by atoms with van der Waals surface area (Å²) in [5.41, 5.74) is 3.52. The summed E-state index contributed by atoms with van der Waals surface area (Å²) in [4.78, 5) is 31.7. The number of para-hydroxylation sites is 2. The van der Waals surface area contributed by atoms with Gasteiger partial charge in [0.05, 0.1) is 25.3 Å². The molecule has 0 spiro atoms. The summed E-state index contributed by atoms with van der Waals surface area (Å²) in [6.07, 6.45) is -0.691. The number of rotatable bonds is 3. The SMILES string of the molecule is COC(=O)NN(C)c1nc2ccccc2nc1C(=O)OC. The number of anilines is 1. The minimum atomic E-state index is -0.691. The lowest BCUT2D eigenvalue weighted by molar-refractivity contribution is 0.0594. The summed E-state index contributed by atoms with van der Waals surface area (Å²) in [6, 6.07) is 7.06. The minimum Gasteiger partial charge on any atom is -0.464 e. The largest absolute Gasteiger partial charge is 0.464 e. The average Bonchev–Trinajstić information content (AvgIpc) is 2.52. The fraction of sp³-hybridized carbons (Fsp3) is 0.231. The number of aromatic nitrogens is 2. The molecule has 0 fully saturated rings. The highest BCUT2D eigenvalue weighted by Gasteiger charge is 2.21. The third-order valence-corrected chi connectivity index (χ3v) is 2.69. The van der Waals surface area contributed by atoms with Crippen LogP contribution in [0.15, 0.2) is 24.3 Å². The molecule has 0 bridgehead atoms. The number of fused-ring (bicyclic) bond motifs is 1. The van der Waals surface area contributed by atoms with E-state index in [0.717, 1.165) is 0 Å². The number of esters is 1. The second kappa shape index (κ2) is 6.04. The van der Waals surface area contributed by atoms with Crippen molar-refractivity contribution in [1.29, 1.82) is 0 Å². The van der Waals surface area contributed by atoms with E-state index >= 15 is 0 Å². The van der Waals surface area contributed by atoms with E-state index in [9.17, 15) is 9.59 Å². The molecule has 8 heteroatoms. The fourth-order valence-corrected chi connectivity index (χ4v) is 1.69. The molecule has 2 aromatic rings. The molecular weight excluding hydrogens is 276 g/mol. The van der Waals surface area contributed by atoms with Gasteiger partial charge in [0.15, 0.2) is 11.5 Å². The Kier molecular flexibility index (Phi) is 4.17. The number of carbonyl (C=O) groups is 2. The Morgan fingerprint density at radius 3 is 2.29 bits per heavy atom. The van der Waals surface area contributed by atoms with Crippen molar-refractivity contribution in [3.05, 3.63) is 30.0 Å². The predicted octanol–water partition coefficient (Wildman–Crippen LogP) is 1.12. The van der Waals surface area contributed by atoms with Gasteiger partial charge in [-0.1, -0.05) is 12.1 Å². The van der Waals surface area contributed by atoms with Gasteiger partial charge in [0.2, 0.25) is 0 Å². The summed E-state index contributed by atoms with van der Waals surface area (Å²) in [5.74, 6) is -0.493. The first-order valence-electron chi connectivity index (χ1n) is 6.00. The highest BCUT2D eigenvalue weighted by molar-refractivity contribution is 5.95. The molecule has 0 unspecified atom stereocenters. The molecule has 0 radical (unpaired) electrons. The highest BCUT2D eigenvalue weighted by Crippen LogP contribution is 2.19. The van der Waals surface area contributed by atoms with E-state index in [-0.39, 0.29) is 11.5 Å². The zero-order valence-electron chi connectivity index (χ0n) is 11.8. The van der Waals surface area contributed by atoms with Crippen molar-refractivity contribution in [2.45, 2.75) is 0 Å². The summed E-state index contributed by atoms with van der Waals surface area (Å²) in [6.45, 7) is 0. The van der Waals surface area contributed by atoms with Gasteiger partial charge in [-0.25, -0.2) is 25.0 Å². The van der Waals surface area contributed by atoms with Crippen LogP contribution in [0, 0.1) is 0 Å². The molecule has 110 valence electrons. The standard InChI is InChI=1S/C13H14N4O4/c1-17(16-13(19)21-3)11-10(12(18)20-2)14-8-6-4-5-7-9(8)15-11/h4-7H,1-3H3,(H,16,19). The van der Waals surface area contributed by atoms with Crippen LogP contribution in [0.3, 0.4) is 0 Å². The molecule has 0 saturated carbocycles. The fourth-order valence-electron chi connectivity index (χ4n) is 1.69. The summed E-state index contributed by atoms with van der Waals surface area (Å²) >= 11 is 0. The molecule has 2 rings (SSSR count). The third-order valence-electron chi connectivity index (χ3n) is 2.69. The topological polar surface area (TPSA) is 93.6 Å². The maximum Gasteiger partial charge on any atom is 0.425 e. The minimum absolute atomic E-state index is 0.00453. The monoisotopic (exact) mass is 290 g/mol. The summed E-state index contributed by atoms with van der Waals surface area (Å²) < 4.78 is 9.20. The molecule has 1 heterocycles. The number of hydrazine groups is 1. The van der Waals surface area contributed by atoms with Crippen LogP contribution in [0.5, 0.6) is 0 Å². The van der Waals surface area contributed by atoms with Crippen LogP contribution in [-0.4, -0.2) is 43.3 Å². The number of carbonyl (C=O) groups excluding carboxylic acids is 2. The van der Waals surface area contributed by atoms with Gasteiger partial charge >= 0.3 is 12.1 Å². The summed E-state index contributed by atoms with van der Waals surface area (Å²) in [7, 11) is 4.00. The Labute approximate surface area is 120 Å². The first-order chi connectivity index (χ1) is 10.1. The zero-order chi connectivity index (χ0) is 15.4. The smallest absolute Gasteiger partial charge is 0.425 e. The molecule has 8 nitrogen and oxygen atoms in total. The number of benzene rings is 1. The van der Waals surface area contributed by atoms with Crippen LogP contribution in [-0.2, 0) is 9.47 Å². The van der Waals surface area contributed by atoms with Gasteiger partial charge in [-0.3, -0.25) is 5.01 Å². The molecule has 1 amide bonds. The maximum atomic E-state index is 11.8. The molecule has 0 atom stereocenters. The molecular formula is C13H14N4O4. The molecule has 0 aliphatic rings. The second-order valence-electron chi connectivity index (χ2n) is 4.04. The van der Waals surface area contributed by atoms with Gasteiger partial charge in [0.1, 0.15) is 0 Å². The van der Waals surface area contributed by atoms with Crippen LogP contribution < -0.4 is 10.4 Å². The molecule has 0 aliphatic carbocycles. The van der Waals surface area contributed by atoms with Gasteiger partial charge < -0.3 is 9.47 Å². The van der Waals surface area contributed by atoms with E-state index in [1.54, 1.807) is 24.3 Å².